The van der Waals surface area contributed by atoms with Crippen molar-refractivity contribution < 1.29 is 14.6 Å². The summed E-state index contributed by atoms with van der Waals surface area (Å²) in [5, 5.41) is 10.9. The number of hydrogen-bond donors (Lipinski definition) is 1. The van der Waals surface area contributed by atoms with Gasteiger partial charge in [0.1, 0.15) is 18.0 Å². The Hall–Kier alpha value is -2.40. The van der Waals surface area contributed by atoms with E-state index < -0.39 is 5.60 Å². The molecule has 2 aromatic rings. The van der Waals surface area contributed by atoms with Crippen LogP contribution >= 0.6 is 0 Å². The first-order valence-electron chi connectivity index (χ1n) is 8.69. The van der Waals surface area contributed by atoms with Crippen LogP contribution in [0.25, 0.3) is 0 Å². The van der Waals surface area contributed by atoms with Crippen LogP contribution in [0.3, 0.4) is 0 Å². The number of aliphatic hydroxyl groups is 1. The number of ether oxygens (including phenoxy) is 1. The number of carbonyl (C=O) groups is 1. The number of amides is 1. The summed E-state index contributed by atoms with van der Waals surface area (Å²) >= 11 is 0. The summed E-state index contributed by atoms with van der Waals surface area (Å²) in [7, 11) is 0. The van der Waals surface area contributed by atoms with Gasteiger partial charge in [0, 0.05) is 25.0 Å². The van der Waals surface area contributed by atoms with Gasteiger partial charge in [0.15, 0.2) is 0 Å². The third kappa shape index (κ3) is 4.37. The molecule has 1 aliphatic rings. The number of pyridine rings is 1. The van der Waals surface area contributed by atoms with Gasteiger partial charge in [-0.05, 0) is 50.5 Å². The maximum absolute atomic E-state index is 12.7. The van der Waals surface area contributed by atoms with Crippen molar-refractivity contribution in [1.29, 1.82) is 0 Å². The van der Waals surface area contributed by atoms with E-state index in [1.807, 2.05) is 42.2 Å². The summed E-state index contributed by atoms with van der Waals surface area (Å²) < 4.78 is 5.74. The second kappa shape index (κ2) is 7.66. The number of aryl methyl sites for hydroxylation is 1. The Labute approximate surface area is 148 Å². The summed E-state index contributed by atoms with van der Waals surface area (Å²) in [6.45, 7) is 3.24. The molecule has 0 radical (unpaired) electrons. The SMILES string of the molecule is Cc1ncccc1C(=O)N1CCCC(O)(COc2ccccc2)CC1. The van der Waals surface area contributed by atoms with E-state index in [-0.39, 0.29) is 12.5 Å². The van der Waals surface area contributed by atoms with E-state index in [2.05, 4.69) is 4.98 Å². The molecule has 1 N–H and O–H groups in total. The predicted molar refractivity (Wildman–Crippen MR) is 95.6 cm³/mol. The first-order chi connectivity index (χ1) is 12.1. The number of para-hydroxylation sites is 1. The zero-order valence-corrected chi connectivity index (χ0v) is 14.5. The number of rotatable bonds is 4. The number of benzene rings is 1. The second-order valence-corrected chi connectivity index (χ2v) is 6.61. The van der Waals surface area contributed by atoms with E-state index in [0.29, 0.717) is 31.5 Å². The maximum Gasteiger partial charge on any atom is 0.255 e. The summed E-state index contributed by atoms with van der Waals surface area (Å²) in [5.74, 6) is 0.734. The number of aromatic nitrogens is 1. The average Bonchev–Trinajstić information content (AvgIpc) is 2.83. The quantitative estimate of drug-likeness (QED) is 0.930. The van der Waals surface area contributed by atoms with Gasteiger partial charge in [0.2, 0.25) is 0 Å². The lowest BCUT2D eigenvalue weighted by molar-refractivity contribution is -0.0163. The van der Waals surface area contributed by atoms with Crippen LogP contribution in [0.4, 0.5) is 0 Å². The van der Waals surface area contributed by atoms with Crippen LogP contribution in [-0.2, 0) is 0 Å². The lowest BCUT2D eigenvalue weighted by Gasteiger charge is -2.27. The Morgan fingerprint density at radius 1 is 1.20 bits per heavy atom. The fourth-order valence-electron chi connectivity index (χ4n) is 3.14. The largest absolute Gasteiger partial charge is 0.491 e. The highest BCUT2D eigenvalue weighted by Gasteiger charge is 2.33. The van der Waals surface area contributed by atoms with Crippen molar-refractivity contribution in [2.45, 2.75) is 31.8 Å². The molecule has 2 heterocycles. The monoisotopic (exact) mass is 340 g/mol. The normalized spacial score (nSPS) is 20.8. The molecule has 25 heavy (non-hydrogen) atoms. The van der Waals surface area contributed by atoms with Crippen molar-refractivity contribution in [3.05, 3.63) is 59.9 Å². The van der Waals surface area contributed by atoms with Crippen LogP contribution in [0, 0.1) is 6.92 Å². The molecule has 0 bridgehead atoms. The molecule has 0 aliphatic carbocycles. The Bertz CT molecular complexity index is 720. The molecule has 5 heteroatoms. The highest BCUT2D eigenvalue weighted by Crippen LogP contribution is 2.25. The Morgan fingerprint density at radius 3 is 2.76 bits per heavy atom. The summed E-state index contributed by atoms with van der Waals surface area (Å²) in [6.07, 6.45) is 3.56. The Kier molecular flexibility index (Phi) is 5.34. The standard InChI is InChI=1S/C20H24N2O3/c1-16-18(9-5-12-21-16)19(23)22-13-6-10-20(24,11-14-22)15-25-17-7-3-2-4-8-17/h2-5,7-9,12,24H,6,10-11,13-15H2,1H3. The first-order valence-corrected chi connectivity index (χ1v) is 8.69. The van der Waals surface area contributed by atoms with E-state index in [0.717, 1.165) is 17.9 Å². The minimum Gasteiger partial charge on any atom is -0.491 e. The highest BCUT2D eigenvalue weighted by atomic mass is 16.5. The molecule has 0 saturated carbocycles. The van der Waals surface area contributed by atoms with Gasteiger partial charge >= 0.3 is 0 Å². The third-order valence-corrected chi connectivity index (χ3v) is 4.69. The van der Waals surface area contributed by atoms with Crippen molar-refractivity contribution in [1.82, 2.24) is 9.88 Å². The van der Waals surface area contributed by atoms with E-state index in [4.69, 9.17) is 4.74 Å². The molecule has 1 aromatic carbocycles. The smallest absolute Gasteiger partial charge is 0.255 e. The first kappa shape index (κ1) is 17.4. The van der Waals surface area contributed by atoms with E-state index in [1.165, 1.54) is 0 Å². The third-order valence-electron chi connectivity index (χ3n) is 4.69. The topological polar surface area (TPSA) is 62.7 Å². The van der Waals surface area contributed by atoms with Crippen LogP contribution in [0.15, 0.2) is 48.7 Å². The number of likely N-dealkylation sites (tertiary alicyclic amines) is 1. The Balaban J connectivity index is 1.61. The minimum atomic E-state index is -0.908. The van der Waals surface area contributed by atoms with Gasteiger partial charge in [-0.25, -0.2) is 0 Å². The van der Waals surface area contributed by atoms with Crippen LogP contribution in [0.5, 0.6) is 5.75 Å². The van der Waals surface area contributed by atoms with Gasteiger partial charge in [0.25, 0.3) is 5.91 Å². The molecule has 3 rings (SSSR count). The van der Waals surface area contributed by atoms with Gasteiger partial charge < -0.3 is 14.7 Å². The number of carbonyl (C=O) groups excluding carboxylic acids is 1. The van der Waals surface area contributed by atoms with Crippen molar-refractivity contribution >= 4 is 5.91 Å². The fraction of sp³-hybridized carbons (Fsp3) is 0.400. The Morgan fingerprint density at radius 2 is 2.00 bits per heavy atom. The van der Waals surface area contributed by atoms with Crippen LogP contribution in [-0.4, -0.2) is 46.2 Å². The molecule has 1 aromatic heterocycles. The van der Waals surface area contributed by atoms with Crippen molar-refractivity contribution in [3.63, 3.8) is 0 Å². The van der Waals surface area contributed by atoms with Crippen LogP contribution < -0.4 is 4.74 Å². The van der Waals surface area contributed by atoms with Crippen LogP contribution in [0.2, 0.25) is 0 Å². The summed E-state index contributed by atoms with van der Waals surface area (Å²) in [6, 6.07) is 13.1. The second-order valence-electron chi connectivity index (χ2n) is 6.61. The zero-order valence-electron chi connectivity index (χ0n) is 14.5. The highest BCUT2D eigenvalue weighted by molar-refractivity contribution is 5.95. The van der Waals surface area contributed by atoms with Crippen molar-refractivity contribution in [3.8, 4) is 5.75 Å². The average molecular weight is 340 g/mol. The molecule has 5 nitrogen and oxygen atoms in total. The lowest BCUT2D eigenvalue weighted by Crippen LogP contribution is -2.38. The summed E-state index contributed by atoms with van der Waals surface area (Å²) in [4.78, 5) is 18.7. The molecule has 0 spiro atoms. The van der Waals surface area contributed by atoms with E-state index >= 15 is 0 Å². The minimum absolute atomic E-state index is 0.0150. The molecule has 1 amide bonds. The molecule has 1 aliphatic heterocycles. The fourth-order valence-corrected chi connectivity index (χ4v) is 3.14. The summed E-state index contributed by atoms with van der Waals surface area (Å²) in [5.41, 5.74) is 0.461. The molecular weight excluding hydrogens is 316 g/mol. The maximum atomic E-state index is 12.7. The van der Waals surface area contributed by atoms with E-state index in [1.54, 1.807) is 18.3 Å². The zero-order chi connectivity index (χ0) is 17.7. The van der Waals surface area contributed by atoms with Gasteiger partial charge in [-0.3, -0.25) is 9.78 Å². The van der Waals surface area contributed by atoms with Gasteiger partial charge in [-0.2, -0.15) is 0 Å². The molecule has 1 atom stereocenters. The van der Waals surface area contributed by atoms with Gasteiger partial charge in [-0.1, -0.05) is 18.2 Å². The molecule has 1 saturated heterocycles. The lowest BCUT2D eigenvalue weighted by atomic mass is 9.96. The molecular formula is C20H24N2O3. The van der Waals surface area contributed by atoms with Crippen LogP contribution in [0.1, 0.15) is 35.3 Å². The van der Waals surface area contributed by atoms with Crippen molar-refractivity contribution in [2.24, 2.45) is 0 Å². The van der Waals surface area contributed by atoms with E-state index in [9.17, 15) is 9.90 Å². The molecule has 132 valence electrons. The molecule has 1 fully saturated rings. The predicted octanol–water partition coefficient (Wildman–Crippen LogP) is 2.83. The number of hydrogen-bond acceptors (Lipinski definition) is 4. The van der Waals surface area contributed by atoms with Gasteiger partial charge in [0.05, 0.1) is 5.56 Å². The van der Waals surface area contributed by atoms with Crippen molar-refractivity contribution in [2.75, 3.05) is 19.7 Å². The van der Waals surface area contributed by atoms with Gasteiger partial charge in [-0.15, -0.1) is 0 Å². The number of nitrogens with zero attached hydrogens (tertiary/aromatic N) is 2. The molecule has 1 unspecified atom stereocenters.